The second kappa shape index (κ2) is 7.44. The van der Waals surface area contributed by atoms with E-state index in [1.165, 1.54) is 12.3 Å². The third-order valence-electron chi connectivity index (χ3n) is 2.20. The molecule has 1 aromatic rings. The summed E-state index contributed by atoms with van der Waals surface area (Å²) in [6.45, 7) is -0.993. The number of aromatic nitrogens is 2. The normalized spacial score (nSPS) is 14.0. The molecule has 0 aliphatic heterocycles. The Kier molecular flexibility index (Phi) is 6.41. The van der Waals surface area contributed by atoms with Crippen molar-refractivity contribution >= 4 is 21.2 Å². The maximum absolute atomic E-state index is 11.5. The van der Waals surface area contributed by atoms with Gasteiger partial charge in [-0.2, -0.15) is 4.98 Å². The van der Waals surface area contributed by atoms with Gasteiger partial charge >= 0.3 is 21.1 Å². The molecule has 1 aromatic heterocycles. The fourth-order valence-corrected chi connectivity index (χ4v) is 2.10. The van der Waals surface area contributed by atoms with Gasteiger partial charge in [-0.05, 0) is 6.07 Å². The summed E-state index contributed by atoms with van der Waals surface area (Å²) in [6, 6.07) is 1.30. The molecule has 0 aromatic carbocycles. The molecule has 12 nitrogen and oxygen atoms in total. The maximum Gasteiger partial charge on any atom is 0.469 e. The molecule has 1 atom stereocenters. The maximum atomic E-state index is 11.5. The second-order valence-electron chi connectivity index (χ2n) is 4.16. The van der Waals surface area contributed by atoms with Gasteiger partial charge in [0.2, 0.25) is 0 Å². The molecule has 1 rings (SSSR count). The Labute approximate surface area is 123 Å². The molecule has 0 bridgehead atoms. The van der Waals surface area contributed by atoms with Crippen molar-refractivity contribution in [2.45, 2.75) is 12.6 Å². The van der Waals surface area contributed by atoms with E-state index < -0.39 is 40.2 Å². The summed E-state index contributed by atoms with van der Waals surface area (Å²) >= 11 is 0. The number of nitrogens with zero attached hydrogens (tertiary/aromatic N) is 2. The standard InChI is InChI=1S/C8H15N3O9P2/c9-7-1-2-11(8(12)10-7)3-6(4-20-22(16,17)18)19-5-21(13,14)15/h1-2,6H,3-5H2,(H2,9,10,12)(H2,13,14,15)(H2,16,17,18)/t6-/m0/s1. The van der Waals surface area contributed by atoms with E-state index in [0.29, 0.717) is 0 Å². The molecule has 0 fully saturated rings. The molecular weight excluding hydrogens is 344 g/mol. The van der Waals surface area contributed by atoms with Gasteiger partial charge in [-0.3, -0.25) is 13.7 Å². The monoisotopic (exact) mass is 359 g/mol. The molecule has 22 heavy (non-hydrogen) atoms. The Morgan fingerprint density at radius 1 is 1.32 bits per heavy atom. The molecule has 0 unspecified atom stereocenters. The molecule has 0 radical (unpaired) electrons. The molecule has 1 heterocycles. The van der Waals surface area contributed by atoms with Crippen LogP contribution >= 0.6 is 15.4 Å². The van der Waals surface area contributed by atoms with Crippen LogP contribution in [-0.2, 0) is 24.9 Å². The predicted molar refractivity (Wildman–Crippen MR) is 72.7 cm³/mol. The Morgan fingerprint density at radius 2 is 1.95 bits per heavy atom. The van der Waals surface area contributed by atoms with Gasteiger partial charge in [0, 0.05) is 6.20 Å². The number of anilines is 1. The smallest absolute Gasteiger partial charge is 0.383 e. The number of ether oxygens (including phenoxy) is 1. The number of rotatable bonds is 8. The van der Waals surface area contributed by atoms with Gasteiger partial charge in [0.25, 0.3) is 0 Å². The highest BCUT2D eigenvalue weighted by atomic mass is 31.2. The molecule has 6 N–H and O–H groups in total. The van der Waals surface area contributed by atoms with E-state index in [2.05, 4.69) is 9.51 Å². The Hall–Kier alpha value is -1.10. The summed E-state index contributed by atoms with van der Waals surface area (Å²) in [4.78, 5) is 49.7. The van der Waals surface area contributed by atoms with Crippen LogP contribution in [-0.4, -0.2) is 48.2 Å². The van der Waals surface area contributed by atoms with Gasteiger partial charge in [0.05, 0.1) is 13.2 Å². The average Bonchev–Trinajstić information content (AvgIpc) is 2.33. The lowest BCUT2D eigenvalue weighted by atomic mass is 10.3. The van der Waals surface area contributed by atoms with Crippen molar-refractivity contribution in [3.8, 4) is 0 Å². The number of hydrogen-bond acceptors (Lipinski definition) is 7. The van der Waals surface area contributed by atoms with Crippen LogP contribution in [0, 0.1) is 0 Å². The van der Waals surface area contributed by atoms with Gasteiger partial charge < -0.3 is 30.0 Å². The van der Waals surface area contributed by atoms with Gasteiger partial charge in [0.15, 0.2) is 0 Å². The van der Waals surface area contributed by atoms with Crippen molar-refractivity contribution in [1.82, 2.24) is 9.55 Å². The summed E-state index contributed by atoms with van der Waals surface area (Å²) in [5.41, 5.74) is 4.54. The van der Waals surface area contributed by atoms with E-state index in [1.54, 1.807) is 0 Å². The lowest BCUT2D eigenvalue weighted by Crippen LogP contribution is -2.32. The zero-order valence-electron chi connectivity index (χ0n) is 11.0. The minimum Gasteiger partial charge on any atom is -0.383 e. The Balaban J connectivity index is 2.82. The van der Waals surface area contributed by atoms with E-state index in [4.69, 9.17) is 30.0 Å². The summed E-state index contributed by atoms with van der Waals surface area (Å²) < 4.78 is 31.5. The third-order valence-corrected chi connectivity index (χ3v) is 3.17. The molecule has 0 saturated carbocycles. The van der Waals surface area contributed by atoms with Crippen LogP contribution in [0.3, 0.4) is 0 Å². The highest BCUT2D eigenvalue weighted by molar-refractivity contribution is 7.51. The second-order valence-corrected chi connectivity index (χ2v) is 6.98. The minimum absolute atomic E-state index is 0.0274. The molecule has 0 aliphatic carbocycles. The van der Waals surface area contributed by atoms with Crippen LogP contribution in [0.2, 0.25) is 0 Å². The van der Waals surface area contributed by atoms with E-state index in [0.717, 1.165) is 4.57 Å². The van der Waals surface area contributed by atoms with Gasteiger partial charge in [-0.15, -0.1) is 0 Å². The molecule has 126 valence electrons. The number of phosphoric acid groups is 1. The quantitative estimate of drug-likeness (QED) is 0.337. The average molecular weight is 359 g/mol. The van der Waals surface area contributed by atoms with Crippen molar-refractivity contribution in [2.24, 2.45) is 0 Å². The van der Waals surface area contributed by atoms with E-state index in [-0.39, 0.29) is 12.4 Å². The van der Waals surface area contributed by atoms with Crippen molar-refractivity contribution in [1.29, 1.82) is 0 Å². The minimum atomic E-state index is -4.81. The first-order valence-corrected chi connectivity index (χ1v) is 8.98. The fraction of sp³-hybridized carbons (Fsp3) is 0.500. The summed E-state index contributed by atoms with van der Waals surface area (Å²) in [7, 11) is -9.31. The van der Waals surface area contributed by atoms with Crippen LogP contribution in [0.4, 0.5) is 5.82 Å². The van der Waals surface area contributed by atoms with Crippen LogP contribution in [0.15, 0.2) is 17.1 Å². The predicted octanol–water partition coefficient (Wildman–Crippen LogP) is -1.54. The highest BCUT2D eigenvalue weighted by Gasteiger charge is 2.23. The molecule has 14 heteroatoms. The number of nitrogens with two attached hydrogens (primary N) is 1. The zero-order chi connectivity index (χ0) is 17.0. The lowest BCUT2D eigenvalue weighted by Gasteiger charge is -2.19. The SMILES string of the molecule is Nc1ccn(C[C@@H](COP(=O)(O)O)OCP(=O)(O)O)c(=O)n1. The first-order chi connectivity index (χ1) is 9.96. The van der Waals surface area contributed by atoms with Crippen molar-refractivity contribution < 1.29 is 38.0 Å². The number of phosphoric ester groups is 1. The number of hydrogen-bond donors (Lipinski definition) is 5. The Morgan fingerprint density at radius 3 is 2.45 bits per heavy atom. The topological polar surface area (TPSA) is 194 Å². The first-order valence-electron chi connectivity index (χ1n) is 5.65. The van der Waals surface area contributed by atoms with Crippen LogP contribution in [0.1, 0.15) is 0 Å². The molecule has 0 spiro atoms. The number of nitrogen functional groups attached to an aromatic ring is 1. The molecule has 0 aliphatic rings. The van der Waals surface area contributed by atoms with Crippen LogP contribution in [0.25, 0.3) is 0 Å². The van der Waals surface area contributed by atoms with Crippen molar-refractivity contribution in [3.05, 3.63) is 22.7 Å². The van der Waals surface area contributed by atoms with E-state index >= 15 is 0 Å². The van der Waals surface area contributed by atoms with Crippen LogP contribution < -0.4 is 11.4 Å². The zero-order valence-corrected chi connectivity index (χ0v) is 12.8. The summed E-state index contributed by atoms with van der Waals surface area (Å²) in [6.07, 6.45) is -0.960. The lowest BCUT2D eigenvalue weighted by molar-refractivity contribution is 0.0176. The van der Waals surface area contributed by atoms with E-state index in [1.807, 2.05) is 0 Å². The van der Waals surface area contributed by atoms with Gasteiger partial charge in [-0.25, -0.2) is 9.36 Å². The summed E-state index contributed by atoms with van der Waals surface area (Å²) in [5, 5.41) is 0. The van der Waals surface area contributed by atoms with E-state index in [9.17, 15) is 13.9 Å². The molecule has 0 saturated heterocycles. The first kappa shape index (κ1) is 18.9. The largest absolute Gasteiger partial charge is 0.469 e. The third kappa shape index (κ3) is 7.78. The highest BCUT2D eigenvalue weighted by Crippen LogP contribution is 2.37. The fourth-order valence-electron chi connectivity index (χ4n) is 1.34. The van der Waals surface area contributed by atoms with Gasteiger partial charge in [-0.1, -0.05) is 0 Å². The Bertz CT molecular complexity index is 625. The van der Waals surface area contributed by atoms with Crippen molar-refractivity contribution in [3.63, 3.8) is 0 Å². The van der Waals surface area contributed by atoms with Crippen molar-refractivity contribution in [2.75, 3.05) is 18.7 Å². The molecule has 0 amide bonds. The summed E-state index contributed by atoms with van der Waals surface area (Å²) in [5.74, 6) is -0.0274. The van der Waals surface area contributed by atoms with Crippen LogP contribution in [0.5, 0.6) is 0 Å². The van der Waals surface area contributed by atoms with Gasteiger partial charge in [0.1, 0.15) is 18.3 Å². The molecular formula is C8H15N3O9P2.